The summed E-state index contributed by atoms with van der Waals surface area (Å²) in [4.78, 5) is 23.5. The van der Waals surface area contributed by atoms with Gasteiger partial charge in [-0.2, -0.15) is 0 Å². The molecule has 94 valence electrons. The van der Waals surface area contributed by atoms with Crippen molar-refractivity contribution in [2.75, 3.05) is 0 Å². The maximum atomic E-state index is 11.9. The van der Waals surface area contributed by atoms with E-state index in [9.17, 15) is 9.59 Å². The first-order valence-corrected chi connectivity index (χ1v) is 6.45. The third kappa shape index (κ3) is 3.30. The molecule has 0 saturated carbocycles. The minimum atomic E-state index is -0.997. The van der Waals surface area contributed by atoms with Crippen LogP contribution in [0.4, 0.5) is 0 Å². The lowest BCUT2D eigenvalue weighted by Gasteiger charge is -2.17. The Hall–Kier alpha value is -1.36. The second kappa shape index (κ2) is 5.82. The molecule has 0 bridgehead atoms. The first-order valence-electron chi connectivity index (χ1n) is 5.57. The minimum absolute atomic E-state index is 0.138. The van der Waals surface area contributed by atoms with Crippen LogP contribution in [0.15, 0.2) is 11.4 Å². The second-order valence-corrected chi connectivity index (χ2v) is 5.08. The van der Waals surface area contributed by atoms with E-state index in [0.717, 1.165) is 12.0 Å². The molecule has 0 aliphatic carbocycles. The van der Waals surface area contributed by atoms with Crippen molar-refractivity contribution < 1.29 is 14.7 Å². The van der Waals surface area contributed by atoms with Crippen LogP contribution in [0.25, 0.3) is 0 Å². The van der Waals surface area contributed by atoms with Gasteiger partial charge in [-0.1, -0.05) is 20.8 Å². The molecule has 0 aromatic carbocycles. The topological polar surface area (TPSA) is 66.4 Å². The van der Waals surface area contributed by atoms with Crippen LogP contribution in [-0.4, -0.2) is 23.0 Å². The summed E-state index contributed by atoms with van der Waals surface area (Å²) in [5, 5.41) is 13.4. The maximum Gasteiger partial charge on any atom is 0.326 e. The van der Waals surface area contributed by atoms with E-state index in [0.29, 0.717) is 4.88 Å². The fourth-order valence-corrected chi connectivity index (χ4v) is 2.43. The molecule has 0 saturated heterocycles. The van der Waals surface area contributed by atoms with Crippen LogP contribution in [-0.2, 0) is 11.2 Å². The average Bonchev–Trinajstić information content (AvgIpc) is 2.72. The van der Waals surface area contributed by atoms with Gasteiger partial charge in [-0.3, -0.25) is 4.79 Å². The Morgan fingerprint density at radius 2 is 2.12 bits per heavy atom. The van der Waals surface area contributed by atoms with Crippen LogP contribution in [0.2, 0.25) is 0 Å². The van der Waals surface area contributed by atoms with E-state index < -0.39 is 12.0 Å². The molecule has 5 heteroatoms. The summed E-state index contributed by atoms with van der Waals surface area (Å²) in [7, 11) is 0. The SMILES string of the molecule is CCc1ccsc1C(=O)N[C@H](C(=O)O)C(C)C. The normalized spacial score (nSPS) is 12.5. The highest BCUT2D eigenvalue weighted by Crippen LogP contribution is 2.17. The largest absolute Gasteiger partial charge is 0.480 e. The van der Waals surface area contributed by atoms with E-state index in [2.05, 4.69) is 5.32 Å². The van der Waals surface area contributed by atoms with Crippen molar-refractivity contribution in [1.29, 1.82) is 0 Å². The van der Waals surface area contributed by atoms with Gasteiger partial charge < -0.3 is 10.4 Å². The van der Waals surface area contributed by atoms with Crippen molar-refractivity contribution in [3.05, 3.63) is 21.9 Å². The van der Waals surface area contributed by atoms with Crippen LogP contribution in [0.3, 0.4) is 0 Å². The van der Waals surface area contributed by atoms with Crippen molar-refractivity contribution in [3.8, 4) is 0 Å². The Kier molecular flexibility index (Phi) is 4.69. The molecule has 1 aromatic rings. The second-order valence-electron chi connectivity index (χ2n) is 4.16. The molecule has 1 amide bonds. The quantitative estimate of drug-likeness (QED) is 0.847. The number of hydrogen-bond acceptors (Lipinski definition) is 3. The van der Waals surface area contributed by atoms with E-state index >= 15 is 0 Å². The van der Waals surface area contributed by atoms with Gasteiger partial charge in [-0.05, 0) is 29.3 Å². The molecular formula is C12H17NO3S. The number of carboxylic acid groups (broad SMARTS) is 1. The fourth-order valence-electron chi connectivity index (χ4n) is 1.53. The average molecular weight is 255 g/mol. The van der Waals surface area contributed by atoms with Gasteiger partial charge in [-0.15, -0.1) is 11.3 Å². The summed E-state index contributed by atoms with van der Waals surface area (Å²) in [6, 6.07) is 1.05. The number of thiophene rings is 1. The van der Waals surface area contributed by atoms with E-state index in [4.69, 9.17) is 5.11 Å². The molecule has 1 heterocycles. The number of nitrogens with one attached hydrogen (secondary N) is 1. The van der Waals surface area contributed by atoms with Gasteiger partial charge in [-0.25, -0.2) is 4.79 Å². The molecular weight excluding hydrogens is 238 g/mol. The standard InChI is InChI=1S/C12H17NO3S/c1-4-8-5-6-17-10(8)11(14)13-9(7(2)3)12(15)16/h5-7,9H,4H2,1-3H3,(H,13,14)(H,15,16)/t9-/m0/s1. The third-order valence-corrected chi connectivity index (χ3v) is 3.51. The molecule has 4 nitrogen and oxygen atoms in total. The Balaban J connectivity index is 2.81. The van der Waals surface area contributed by atoms with E-state index in [1.807, 2.05) is 18.4 Å². The van der Waals surface area contributed by atoms with Gasteiger partial charge >= 0.3 is 5.97 Å². The zero-order valence-electron chi connectivity index (χ0n) is 10.2. The molecule has 0 radical (unpaired) electrons. The summed E-state index contributed by atoms with van der Waals surface area (Å²) in [5.41, 5.74) is 0.959. The molecule has 17 heavy (non-hydrogen) atoms. The first-order chi connectivity index (χ1) is 7.97. The van der Waals surface area contributed by atoms with Gasteiger partial charge in [0.15, 0.2) is 0 Å². The highest BCUT2D eigenvalue weighted by molar-refractivity contribution is 7.12. The highest BCUT2D eigenvalue weighted by atomic mass is 32.1. The highest BCUT2D eigenvalue weighted by Gasteiger charge is 2.25. The van der Waals surface area contributed by atoms with Gasteiger partial charge in [0.1, 0.15) is 6.04 Å². The summed E-state index contributed by atoms with van der Waals surface area (Å²) in [6.07, 6.45) is 0.770. The van der Waals surface area contributed by atoms with Gasteiger partial charge in [0.05, 0.1) is 4.88 Å². The number of aliphatic carboxylic acids is 1. The molecule has 1 aromatic heterocycles. The Bertz CT molecular complexity index is 412. The van der Waals surface area contributed by atoms with E-state index in [1.54, 1.807) is 13.8 Å². The first kappa shape index (κ1) is 13.7. The summed E-state index contributed by atoms with van der Waals surface area (Å²) in [5.74, 6) is -1.43. The van der Waals surface area contributed by atoms with Crippen molar-refractivity contribution >= 4 is 23.2 Å². The minimum Gasteiger partial charge on any atom is -0.480 e. The molecule has 0 unspecified atom stereocenters. The molecule has 1 atom stereocenters. The van der Waals surface area contributed by atoms with Crippen LogP contribution in [0, 0.1) is 5.92 Å². The lowest BCUT2D eigenvalue weighted by atomic mass is 10.0. The monoisotopic (exact) mass is 255 g/mol. The smallest absolute Gasteiger partial charge is 0.326 e. The van der Waals surface area contributed by atoms with E-state index in [-0.39, 0.29) is 11.8 Å². The fraction of sp³-hybridized carbons (Fsp3) is 0.500. The number of amides is 1. The van der Waals surface area contributed by atoms with Crippen LogP contribution >= 0.6 is 11.3 Å². The maximum absolute atomic E-state index is 11.9. The lowest BCUT2D eigenvalue weighted by molar-refractivity contribution is -0.140. The Morgan fingerprint density at radius 1 is 1.47 bits per heavy atom. The number of carbonyl (C=O) groups excluding carboxylic acids is 1. The van der Waals surface area contributed by atoms with Crippen LogP contribution in [0.5, 0.6) is 0 Å². The van der Waals surface area contributed by atoms with Gasteiger partial charge in [0.2, 0.25) is 0 Å². The Labute approximate surface area is 105 Å². The summed E-state index contributed by atoms with van der Waals surface area (Å²) < 4.78 is 0. The predicted molar refractivity (Wildman–Crippen MR) is 67.4 cm³/mol. The van der Waals surface area contributed by atoms with Crippen LogP contribution < -0.4 is 5.32 Å². The van der Waals surface area contributed by atoms with Crippen LogP contribution in [0.1, 0.15) is 36.0 Å². The predicted octanol–water partition coefficient (Wildman–Crippen LogP) is 2.15. The Morgan fingerprint density at radius 3 is 2.59 bits per heavy atom. The lowest BCUT2D eigenvalue weighted by Crippen LogP contribution is -2.44. The zero-order valence-corrected chi connectivity index (χ0v) is 11.0. The molecule has 1 rings (SSSR count). The number of aryl methyl sites for hydroxylation is 1. The number of hydrogen-bond donors (Lipinski definition) is 2. The molecule has 0 aliphatic heterocycles. The van der Waals surface area contributed by atoms with Crippen molar-refractivity contribution in [2.24, 2.45) is 5.92 Å². The number of carbonyl (C=O) groups is 2. The van der Waals surface area contributed by atoms with Crippen molar-refractivity contribution in [2.45, 2.75) is 33.2 Å². The van der Waals surface area contributed by atoms with E-state index in [1.165, 1.54) is 11.3 Å². The summed E-state index contributed by atoms with van der Waals surface area (Å²) >= 11 is 1.34. The third-order valence-electron chi connectivity index (χ3n) is 2.55. The number of carboxylic acids is 1. The molecule has 2 N–H and O–H groups in total. The number of rotatable bonds is 5. The van der Waals surface area contributed by atoms with Crippen molar-refractivity contribution in [3.63, 3.8) is 0 Å². The molecule has 0 aliphatic rings. The molecule has 0 spiro atoms. The van der Waals surface area contributed by atoms with Gasteiger partial charge in [0.25, 0.3) is 5.91 Å². The van der Waals surface area contributed by atoms with Crippen molar-refractivity contribution in [1.82, 2.24) is 5.32 Å². The summed E-state index contributed by atoms with van der Waals surface area (Å²) in [6.45, 7) is 5.51. The molecule has 0 fully saturated rings. The van der Waals surface area contributed by atoms with Gasteiger partial charge in [0, 0.05) is 0 Å². The zero-order chi connectivity index (χ0) is 13.0.